The van der Waals surface area contributed by atoms with Crippen LogP contribution in [0.5, 0.6) is 0 Å². The highest BCUT2D eigenvalue weighted by molar-refractivity contribution is 6.30. The van der Waals surface area contributed by atoms with Gasteiger partial charge in [-0.25, -0.2) is 0 Å². The molecule has 5 rings (SSSR count). The van der Waals surface area contributed by atoms with Crippen molar-refractivity contribution < 1.29 is 4.79 Å². The van der Waals surface area contributed by atoms with Gasteiger partial charge in [0.1, 0.15) is 0 Å². The third-order valence-electron chi connectivity index (χ3n) is 5.73. The Kier molecular flexibility index (Phi) is 4.33. The molecule has 0 fully saturated rings. The minimum absolute atomic E-state index is 0.0471. The molecule has 0 saturated carbocycles. The molecule has 1 aliphatic heterocycles. The molecular formula is C24H21ClN2O. The monoisotopic (exact) mass is 388 g/mol. The Morgan fingerprint density at radius 2 is 1.89 bits per heavy atom. The first-order valence-corrected chi connectivity index (χ1v) is 10.1. The molecule has 2 aromatic carbocycles. The van der Waals surface area contributed by atoms with Crippen molar-refractivity contribution in [1.82, 2.24) is 9.88 Å². The van der Waals surface area contributed by atoms with E-state index in [1.165, 1.54) is 16.5 Å². The Hall–Kier alpha value is -2.78. The van der Waals surface area contributed by atoms with Gasteiger partial charge in [-0.05, 0) is 60.7 Å². The van der Waals surface area contributed by atoms with Crippen LogP contribution in [-0.4, -0.2) is 22.3 Å². The Balaban J connectivity index is 1.63. The van der Waals surface area contributed by atoms with Crippen molar-refractivity contribution in [3.05, 3.63) is 94.2 Å². The smallest absolute Gasteiger partial charge is 0.254 e. The maximum absolute atomic E-state index is 13.4. The van der Waals surface area contributed by atoms with Crippen LogP contribution >= 0.6 is 11.6 Å². The van der Waals surface area contributed by atoms with Gasteiger partial charge in [0.15, 0.2) is 0 Å². The van der Waals surface area contributed by atoms with Gasteiger partial charge in [0, 0.05) is 33.7 Å². The molecule has 1 aliphatic carbocycles. The molecule has 140 valence electrons. The number of allylic oxidation sites excluding steroid dienone is 2. The lowest BCUT2D eigenvalue weighted by molar-refractivity contribution is 0.0691. The number of nitrogens with one attached hydrogen (secondary N) is 1. The number of amides is 1. The summed E-state index contributed by atoms with van der Waals surface area (Å²) in [6, 6.07) is 15.5. The Bertz CT molecular complexity index is 1110. The van der Waals surface area contributed by atoms with Crippen molar-refractivity contribution in [2.45, 2.75) is 25.3 Å². The molecule has 0 spiro atoms. The van der Waals surface area contributed by atoms with Gasteiger partial charge in [-0.15, -0.1) is 0 Å². The van der Waals surface area contributed by atoms with Gasteiger partial charge in [0.2, 0.25) is 0 Å². The van der Waals surface area contributed by atoms with E-state index in [-0.39, 0.29) is 11.9 Å². The molecule has 1 atom stereocenters. The first-order valence-electron chi connectivity index (χ1n) is 9.75. The van der Waals surface area contributed by atoms with Crippen LogP contribution in [0.4, 0.5) is 0 Å². The van der Waals surface area contributed by atoms with E-state index in [0.717, 1.165) is 30.5 Å². The van der Waals surface area contributed by atoms with E-state index in [2.05, 4.69) is 47.5 Å². The van der Waals surface area contributed by atoms with Gasteiger partial charge >= 0.3 is 0 Å². The predicted octanol–water partition coefficient (Wildman–Crippen LogP) is 5.84. The minimum atomic E-state index is -0.0871. The maximum atomic E-state index is 13.4. The fourth-order valence-electron chi connectivity index (χ4n) is 4.40. The van der Waals surface area contributed by atoms with Crippen LogP contribution in [0, 0.1) is 0 Å². The highest BCUT2D eigenvalue weighted by Gasteiger charge is 2.35. The van der Waals surface area contributed by atoms with Gasteiger partial charge in [0.25, 0.3) is 5.91 Å². The molecular weight excluding hydrogens is 368 g/mol. The maximum Gasteiger partial charge on any atom is 0.254 e. The van der Waals surface area contributed by atoms with Crippen LogP contribution in [0.15, 0.2) is 72.3 Å². The number of rotatable bonds is 2. The number of fused-ring (bicyclic) bond motifs is 3. The number of H-pyrrole nitrogens is 1. The van der Waals surface area contributed by atoms with Crippen molar-refractivity contribution in [3.8, 4) is 0 Å². The summed E-state index contributed by atoms with van der Waals surface area (Å²) in [4.78, 5) is 19.0. The summed E-state index contributed by atoms with van der Waals surface area (Å²) in [5.41, 5.74) is 5.49. The molecule has 2 aliphatic rings. The second kappa shape index (κ2) is 6.99. The van der Waals surface area contributed by atoms with Crippen LogP contribution in [0.3, 0.4) is 0 Å². The minimum Gasteiger partial charge on any atom is -0.356 e. The van der Waals surface area contributed by atoms with Crippen LogP contribution in [-0.2, 0) is 6.42 Å². The van der Waals surface area contributed by atoms with E-state index in [9.17, 15) is 4.79 Å². The number of hydrogen-bond acceptors (Lipinski definition) is 1. The number of carbonyl (C=O) groups excluding carboxylic acids is 1. The fraction of sp³-hybridized carbons (Fsp3) is 0.208. The lowest BCUT2D eigenvalue weighted by atomic mass is 9.89. The standard InChI is InChI=1S/C24H21ClN2O/c25-18-12-10-17(11-13-18)24(28)27-15-14-20-19-8-4-5-9-21(19)26-22(20)23(27)16-6-2-1-3-7-16/h2,4-13,23,26H,1,3,14-15H2. The Morgan fingerprint density at radius 3 is 2.68 bits per heavy atom. The fourth-order valence-corrected chi connectivity index (χ4v) is 4.53. The van der Waals surface area contributed by atoms with Crippen molar-refractivity contribution >= 4 is 28.4 Å². The van der Waals surface area contributed by atoms with Gasteiger partial charge in [-0.3, -0.25) is 4.79 Å². The van der Waals surface area contributed by atoms with E-state index in [1.54, 1.807) is 12.1 Å². The average Bonchev–Trinajstić information content (AvgIpc) is 3.12. The van der Waals surface area contributed by atoms with Crippen molar-refractivity contribution in [2.24, 2.45) is 0 Å². The SMILES string of the molecule is O=C(c1ccc(Cl)cc1)N1CCc2c([nH]c3ccccc23)C1C1=CCCC=C1. The van der Waals surface area contributed by atoms with Gasteiger partial charge in [0.05, 0.1) is 6.04 Å². The van der Waals surface area contributed by atoms with Crippen LogP contribution in [0.1, 0.15) is 40.5 Å². The molecule has 28 heavy (non-hydrogen) atoms. The third kappa shape index (κ3) is 2.87. The number of benzene rings is 2. The van der Waals surface area contributed by atoms with Crippen molar-refractivity contribution in [2.75, 3.05) is 6.54 Å². The number of para-hydroxylation sites is 1. The first-order chi connectivity index (χ1) is 13.7. The topological polar surface area (TPSA) is 36.1 Å². The number of halogens is 1. The molecule has 4 heteroatoms. The van der Waals surface area contributed by atoms with Crippen LogP contribution in [0.25, 0.3) is 10.9 Å². The second-order valence-electron chi connectivity index (χ2n) is 7.40. The molecule has 0 saturated heterocycles. The number of aromatic nitrogens is 1. The zero-order valence-corrected chi connectivity index (χ0v) is 16.2. The van der Waals surface area contributed by atoms with Gasteiger partial charge in [-0.2, -0.15) is 0 Å². The Labute approximate surface area is 169 Å². The van der Waals surface area contributed by atoms with E-state index in [1.807, 2.05) is 17.0 Å². The first kappa shape index (κ1) is 17.3. The predicted molar refractivity (Wildman–Crippen MR) is 114 cm³/mol. The number of nitrogens with zero attached hydrogens (tertiary/aromatic N) is 1. The van der Waals surface area contributed by atoms with Crippen molar-refractivity contribution in [1.29, 1.82) is 0 Å². The van der Waals surface area contributed by atoms with Gasteiger partial charge in [-0.1, -0.05) is 48.0 Å². The Morgan fingerprint density at radius 1 is 1.07 bits per heavy atom. The zero-order valence-electron chi connectivity index (χ0n) is 15.5. The summed E-state index contributed by atoms with van der Waals surface area (Å²) in [5, 5.41) is 1.91. The quantitative estimate of drug-likeness (QED) is 0.588. The summed E-state index contributed by atoms with van der Waals surface area (Å²) >= 11 is 6.02. The molecule has 1 unspecified atom stereocenters. The molecule has 1 N–H and O–H groups in total. The third-order valence-corrected chi connectivity index (χ3v) is 5.98. The zero-order chi connectivity index (χ0) is 19.1. The van der Waals surface area contributed by atoms with Crippen LogP contribution < -0.4 is 0 Å². The molecule has 3 nitrogen and oxygen atoms in total. The van der Waals surface area contributed by atoms with E-state index in [4.69, 9.17) is 11.6 Å². The van der Waals surface area contributed by atoms with E-state index in [0.29, 0.717) is 17.1 Å². The molecule has 1 aromatic heterocycles. The number of hydrogen-bond donors (Lipinski definition) is 1. The largest absolute Gasteiger partial charge is 0.356 e. The number of carbonyl (C=O) groups is 1. The van der Waals surface area contributed by atoms with E-state index < -0.39 is 0 Å². The summed E-state index contributed by atoms with van der Waals surface area (Å²) in [6.45, 7) is 0.701. The number of aromatic amines is 1. The lowest BCUT2D eigenvalue weighted by Gasteiger charge is -2.37. The molecule has 0 bridgehead atoms. The summed E-state index contributed by atoms with van der Waals surface area (Å²) < 4.78 is 0. The van der Waals surface area contributed by atoms with Crippen molar-refractivity contribution in [3.63, 3.8) is 0 Å². The molecule has 1 amide bonds. The van der Waals surface area contributed by atoms with Crippen LogP contribution in [0.2, 0.25) is 5.02 Å². The lowest BCUT2D eigenvalue weighted by Crippen LogP contribution is -2.40. The highest BCUT2D eigenvalue weighted by atomic mass is 35.5. The van der Waals surface area contributed by atoms with E-state index >= 15 is 0 Å². The summed E-state index contributed by atoms with van der Waals surface area (Å²) in [6.07, 6.45) is 9.58. The second-order valence-corrected chi connectivity index (χ2v) is 7.84. The highest BCUT2D eigenvalue weighted by Crippen LogP contribution is 2.40. The summed E-state index contributed by atoms with van der Waals surface area (Å²) in [7, 11) is 0. The molecule has 2 heterocycles. The molecule has 0 radical (unpaired) electrons. The van der Waals surface area contributed by atoms with Gasteiger partial charge < -0.3 is 9.88 Å². The normalized spacial score (nSPS) is 18.8. The summed E-state index contributed by atoms with van der Waals surface area (Å²) in [5.74, 6) is 0.0471. The molecule has 3 aromatic rings. The average molecular weight is 389 g/mol.